The largest absolute Gasteiger partial charge is 0.496 e. The quantitative estimate of drug-likeness (QED) is 0.199. The van der Waals surface area contributed by atoms with Gasteiger partial charge in [-0.05, 0) is 23.8 Å². The first-order valence-electron chi connectivity index (χ1n) is 7.19. The molecule has 0 amide bonds. The summed E-state index contributed by atoms with van der Waals surface area (Å²) in [6, 6.07) is 4.48. The van der Waals surface area contributed by atoms with E-state index in [9.17, 15) is 22.0 Å². The van der Waals surface area contributed by atoms with Crippen LogP contribution in [0.5, 0.6) is 11.5 Å². The van der Waals surface area contributed by atoms with Crippen molar-refractivity contribution in [3.8, 4) is 11.5 Å². The first-order valence-corrected chi connectivity index (χ1v) is 7.19. The molecule has 0 aromatic heterocycles. The van der Waals surface area contributed by atoms with Gasteiger partial charge in [0.25, 0.3) is 0 Å². The highest BCUT2D eigenvalue weighted by molar-refractivity contribution is 5.82. The topological polar surface area (TPSA) is 95.2 Å². The zero-order valence-corrected chi connectivity index (χ0v) is 13.8. The molecule has 0 spiro atoms. The van der Waals surface area contributed by atoms with Crippen LogP contribution >= 0.6 is 0 Å². The minimum absolute atomic E-state index is 0.245. The number of guanidine groups is 1. The van der Waals surface area contributed by atoms with E-state index >= 15 is 0 Å². The molecule has 4 N–H and O–H groups in total. The van der Waals surface area contributed by atoms with Gasteiger partial charge in [0.15, 0.2) is 5.75 Å². The average molecular weight is 388 g/mol. The maximum Gasteiger partial charge on any atom is 0.211 e. The maximum absolute atomic E-state index is 13.7. The zero-order chi connectivity index (χ0) is 20.1. The zero-order valence-electron chi connectivity index (χ0n) is 13.8. The van der Waals surface area contributed by atoms with Gasteiger partial charge in [-0.25, -0.2) is 13.2 Å². The van der Waals surface area contributed by atoms with E-state index in [4.69, 9.17) is 20.9 Å². The van der Waals surface area contributed by atoms with E-state index in [1.54, 1.807) is 6.07 Å². The molecule has 0 aliphatic rings. The van der Waals surface area contributed by atoms with E-state index in [1.807, 2.05) is 0 Å². The summed E-state index contributed by atoms with van der Waals surface area (Å²) in [6.07, 6.45) is 1.26. The number of nitrogens with two attached hydrogens (primary N) is 2. The van der Waals surface area contributed by atoms with Gasteiger partial charge in [-0.2, -0.15) is 13.9 Å². The summed E-state index contributed by atoms with van der Waals surface area (Å²) in [7, 11) is 1.32. The summed E-state index contributed by atoms with van der Waals surface area (Å²) in [6.45, 7) is -0.550. The minimum atomic E-state index is -2.27. The minimum Gasteiger partial charge on any atom is -0.496 e. The van der Waals surface area contributed by atoms with Crippen LogP contribution < -0.4 is 20.9 Å². The van der Waals surface area contributed by atoms with Crippen LogP contribution in [0.2, 0.25) is 0 Å². The number of ether oxygens (including phenoxy) is 2. The summed E-state index contributed by atoms with van der Waals surface area (Å²) in [4.78, 5) is 0. The fourth-order valence-corrected chi connectivity index (χ4v) is 2.02. The summed E-state index contributed by atoms with van der Waals surface area (Å²) in [5, 5.41) is 6.99. The van der Waals surface area contributed by atoms with Gasteiger partial charge in [0, 0.05) is 5.56 Å². The Balaban J connectivity index is 2.32. The Labute approximate surface area is 149 Å². The summed E-state index contributed by atoms with van der Waals surface area (Å²) in [5.41, 5.74) is 10.9. The molecule has 2 aromatic carbocycles. The highest BCUT2D eigenvalue weighted by Gasteiger charge is 2.27. The Bertz CT molecular complexity index is 885. The van der Waals surface area contributed by atoms with Crippen molar-refractivity contribution in [1.29, 1.82) is 0 Å². The predicted octanol–water partition coefficient (Wildman–Crippen LogP) is 2.58. The second-order valence-electron chi connectivity index (χ2n) is 5.03. The molecule has 144 valence electrons. The van der Waals surface area contributed by atoms with Gasteiger partial charge in [-0.15, -0.1) is 5.10 Å². The van der Waals surface area contributed by atoms with Crippen LogP contribution in [0.4, 0.5) is 22.0 Å². The number of benzene rings is 2. The Morgan fingerprint density at radius 1 is 1.00 bits per heavy atom. The van der Waals surface area contributed by atoms with Crippen molar-refractivity contribution < 1.29 is 31.4 Å². The number of nitrogens with zero attached hydrogens (tertiary/aromatic N) is 2. The van der Waals surface area contributed by atoms with Crippen molar-refractivity contribution in [1.82, 2.24) is 0 Å². The summed E-state index contributed by atoms with van der Waals surface area (Å²) < 4.78 is 76.8. The number of hydrogen-bond donors (Lipinski definition) is 2. The monoisotopic (exact) mass is 388 g/mol. The highest BCUT2D eigenvalue weighted by Crippen LogP contribution is 2.30. The van der Waals surface area contributed by atoms with E-state index in [2.05, 4.69) is 10.2 Å². The lowest BCUT2D eigenvalue weighted by Crippen LogP contribution is -2.21. The number of rotatable bonds is 6. The van der Waals surface area contributed by atoms with Gasteiger partial charge >= 0.3 is 0 Å². The van der Waals surface area contributed by atoms with Crippen LogP contribution in [0.3, 0.4) is 0 Å². The molecule has 0 saturated heterocycles. The molecule has 11 heteroatoms. The first-order chi connectivity index (χ1) is 12.8. The van der Waals surface area contributed by atoms with Crippen molar-refractivity contribution in [3.63, 3.8) is 0 Å². The molecule has 0 saturated carbocycles. The van der Waals surface area contributed by atoms with Crippen LogP contribution in [0, 0.1) is 29.1 Å². The molecule has 0 heterocycles. The first kappa shape index (κ1) is 19.9. The second-order valence-corrected chi connectivity index (χ2v) is 5.03. The molecule has 0 bridgehead atoms. The van der Waals surface area contributed by atoms with Gasteiger partial charge in [-0.3, -0.25) is 0 Å². The molecular formula is C16H13F5N4O2. The van der Waals surface area contributed by atoms with E-state index in [1.165, 1.54) is 25.5 Å². The van der Waals surface area contributed by atoms with Crippen LogP contribution in [0.15, 0.2) is 28.4 Å². The van der Waals surface area contributed by atoms with Crippen molar-refractivity contribution in [2.45, 2.75) is 6.61 Å². The highest BCUT2D eigenvalue weighted by atomic mass is 19.2. The third kappa shape index (κ3) is 4.43. The molecule has 0 atom stereocenters. The third-order valence-electron chi connectivity index (χ3n) is 3.23. The molecule has 0 aliphatic heterocycles. The van der Waals surface area contributed by atoms with E-state index in [-0.39, 0.29) is 17.3 Å². The summed E-state index contributed by atoms with van der Waals surface area (Å²) in [5.74, 6) is -12.0. The normalized spacial score (nSPS) is 10.9. The molecule has 0 fully saturated rings. The van der Waals surface area contributed by atoms with E-state index < -0.39 is 41.4 Å². The fraction of sp³-hybridized carbons (Fsp3) is 0.125. The lowest BCUT2D eigenvalue weighted by molar-refractivity contribution is 0.249. The molecule has 0 radical (unpaired) electrons. The second kappa shape index (κ2) is 8.34. The Kier molecular flexibility index (Phi) is 6.16. The van der Waals surface area contributed by atoms with Gasteiger partial charge < -0.3 is 20.9 Å². The van der Waals surface area contributed by atoms with Crippen LogP contribution in [0.25, 0.3) is 0 Å². The number of methoxy groups -OCH3 is 1. The molecular weight excluding hydrogens is 375 g/mol. The predicted molar refractivity (Wildman–Crippen MR) is 87.0 cm³/mol. The fourth-order valence-electron chi connectivity index (χ4n) is 2.02. The Morgan fingerprint density at radius 3 is 2.15 bits per heavy atom. The van der Waals surface area contributed by atoms with Crippen LogP contribution in [-0.2, 0) is 6.61 Å². The SMILES string of the molecule is COc1ccc(C=NN=C(N)N)cc1COc1c(F)c(F)c(F)c(F)c1F. The molecule has 0 aliphatic carbocycles. The number of hydrogen-bond acceptors (Lipinski definition) is 4. The smallest absolute Gasteiger partial charge is 0.211 e. The van der Waals surface area contributed by atoms with Gasteiger partial charge in [-0.1, -0.05) is 0 Å². The molecule has 27 heavy (non-hydrogen) atoms. The third-order valence-corrected chi connectivity index (χ3v) is 3.23. The Morgan fingerprint density at radius 2 is 1.59 bits per heavy atom. The Hall–Kier alpha value is -3.37. The molecule has 0 unspecified atom stereocenters. The van der Waals surface area contributed by atoms with Crippen LogP contribution in [0.1, 0.15) is 11.1 Å². The van der Waals surface area contributed by atoms with Crippen molar-refractivity contribution in [3.05, 3.63) is 58.4 Å². The van der Waals surface area contributed by atoms with E-state index in [0.717, 1.165) is 0 Å². The van der Waals surface area contributed by atoms with Crippen molar-refractivity contribution in [2.75, 3.05) is 7.11 Å². The van der Waals surface area contributed by atoms with E-state index in [0.29, 0.717) is 5.56 Å². The average Bonchev–Trinajstić information content (AvgIpc) is 2.64. The molecule has 2 aromatic rings. The lowest BCUT2D eigenvalue weighted by atomic mass is 10.1. The van der Waals surface area contributed by atoms with Gasteiger partial charge in [0.05, 0.1) is 13.3 Å². The lowest BCUT2D eigenvalue weighted by Gasteiger charge is -2.13. The van der Waals surface area contributed by atoms with Crippen LogP contribution in [-0.4, -0.2) is 19.3 Å². The van der Waals surface area contributed by atoms with Gasteiger partial charge in [0.1, 0.15) is 12.4 Å². The summed E-state index contributed by atoms with van der Waals surface area (Å²) >= 11 is 0. The van der Waals surface area contributed by atoms with Crippen molar-refractivity contribution in [2.24, 2.45) is 21.7 Å². The standard InChI is InChI=1S/C16H13F5N4O2/c1-26-9-3-2-7(5-24-25-16(22)23)4-8(9)6-27-15-13(20)11(18)10(17)12(19)14(15)21/h2-5H,6H2,1H3,(H4,22,23,25). The van der Waals surface area contributed by atoms with Gasteiger partial charge in [0.2, 0.25) is 35.0 Å². The number of halogens is 5. The molecule has 6 nitrogen and oxygen atoms in total. The van der Waals surface area contributed by atoms with Crippen molar-refractivity contribution >= 4 is 12.2 Å². The molecule has 2 rings (SSSR count). The maximum atomic E-state index is 13.7.